The van der Waals surface area contributed by atoms with E-state index in [9.17, 15) is 26.0 Å². The number of halogens is 1. The lowest BCUT2D eigenvalue weighted by molar-refractivity contribution is -0.124. The molecule has 12 heteroatoms. The largest absolute Gasteiger partial charge is 0.276 e. The molecule has 1 aliphatic rings. The molecule has 0 unspecified atom stereocenters. The number of nitrogens with zero attached hydrogens (tertiary/aromatic N) is 1. The number of thiol groups is 1. The lowest BCUT2D eigenvalue weighted by atomic mass is 10.1. The lowest BCUT2D eigenvalue weighted by Crippen LogP contribution is -2.51. The van der Waals surface area contributed by atoms with E-state index in [1.807, 2.05) is 22.4 Å². The second-order valence-electron chi connectivity index (χ2n) is 7.51. The lowest BCUT2D eigenvalue weighted by Gasteiger charge is -2.23. The van der Waals surface area contributed by atoms with E-state index < -0.39 is 48.0 Å². The van der Waals surface area contributed by atoms with Crippen LogP contribution in [0.15, 0.2) is 76.5 Å². The van der Waals surface area contributed by atoms with Crippen molar-refractivity contribution in [1.82, 2.24) is 14.6 Å². The molecule has 1 fully saturated rings. The SMILES string of the molecule is O=C(NNS(=O)(=O)c1ccccc1F)[C@@H]1C[C@@H](S)CN1S(=O)(=O)c1ccc2ccccc2c1. The van der Waals surface area contributed by atoms with Crippen LogP contribution in [0.4, 0.5) is 4.39 Å². The predicted octanol–water partition coefficient (Wildman–Crippen LogP) is 2.05. The van der Waals surface area contributed by atoms with Gasteiger partial charge in [0.15, 0.2) is 0 Å². The molecule has 4 rings (SSSR count). The minimum Gasteiger partial charge on any atom is -0.276 e. The predicted molar refractivity (Wildman–Crippen MR) is 124 cm³/mol. The van der Waals surface area contributed by atoms with Crippen LogP contribution in [0, 0.1) is 5.82 Å². The number of hydrogen-bond acceptors (Lipinski definition) is 6. The number of carbonyl (C=O) groups is 1. The molecule has 3 aromatic carbocycles. The molecular weight excluding hydrogens is 489 g/mol. The molecule has 0 spiro atoms. The minimum absolute atomic E-state index is 0.00775. The van der Waals surface area contributed by atoms with Gasteiger partial charge in [-0.15, -0.1) is 4.83 Å². The van der Waals surface area contributed by atoms with Gasteiger partial charge in [0.05, 0.1) is 4.90 Å². The summed E-state index contributed by atoms with van der Waals surface area (Å²) in [6.07, 6.45) is 0.0726. The van der Waals surface area contributed by atoms with Gasteiger partial charge in [0, 0.05) is 11.8 Å². The molecule has 0 radical (unpaired) electrons. The zero-order valence-corrected chi connectivity index (χ0v) is 19.6. The number of hydrogen-bond donors (Lipinski definition) is 3. The zero-order chi connectivity index (χ0) is 23.8. The van der Waals surface area contributed by atoms with Gasteiger partial charge in [0.2, 0.25) is 10.0 Å². The van der Waals surface area contributed by atoms with E-state index in [0.717, 1.165) is 27.2 Å². The Labute approximate surface area is 196 Å². The van der Waals surface area contributed by atoms with Crippen LogP contribution in [0.3, 0.4) is 0 Å². The molecule has 1 aliphatic heterocycles. The standard InChI is InChI=1S/C21H20FN3O5S3/c22-18-7-3-4-8-20(18)32(27,28)24-23-21(26)19-12-16(31)13-25(19)33(29,30)17-10-9-14-5-1-2-6-15(14)11-17/h1-11,16,19,24,31H,12-13H2,(H,23,26)/t16-,19+/m1/s1. The molecule has 0 aromatic heterocycles. The fourth-order valence-electron chi connectivity index (χ4n) is 3.67. The van der Waals surface area contributed by atoms with Gasteiger partial charge >= 0.3 is 0 Å². The van der Waals surface area contributed by atoms with E-state index in [4.69, 9.17) is 0 Å². The Morgan fingerprint density at radius 3 is 2.36 bits per heavy atom. The van der Waals surface area contributed by atoms with Crippen molar-refractivity contribution in [2.45, 2.75) is 27.5 Å². The van der Waals surface area contributed by atoms with Crippen molar-refractivity contribution in [3.05, 3.63) is 72.5 Å². The Morgan fingerprint density at radius 1 is 0.970 bits per heavy atom. The Kier molecular flexibility index (Phi) is 6.47. The smallest absolute Gasteiger partial charge is 0.260 e. The molecule has 1 amide bonds. The van der Waals surface area contributed by atoms with E-state index in [1.165, 1.54) is 24.3 Å². The summed E-state index contributed by atoms with van der Waals surface area (Å²) < 4.78 is 66.2. The quantitative estimate of drug-likeness (QED) is 0.348. The van der Waals surface area contributed by atoms with E-state index in [0.29, 0.717) is 0 Å². The maximum atomic E-state index is 13.8. The van der Waals surface area contributed by atoms with Gasteiger partial charge in [0.25, 0.3) is 15.9 Å². The second-order valence-corrected chi connectivity index (χ2v) is 11.8. The third-order valence-electron chi connectivity index (χ3n) is 5.30. The van der Waals surface area contributed by atoms with Crippen LogP contribution in [0.2, 0.25) is 0 Å². The Balaban J connectivity index is 1.56. The average Bonchev–Trinajstić information content (AvgIpc) is 3.20. The molecule has 8 nitrogen and oxygen atoms in total. The molecular formula is C21H20FN3O5S3. The van der Waals surface area contributed by atoms with Crippen molar-refractivity contribution < 1.29 is 26.0 Å². The first kappa shape index (κ1) is 23.6. The summed E-state index contributed by atoms with van der Waals surface area (Å²) in [7, 11) is -8.49. The van der Waals surface area contributed by atoms with Gasteiger partial charge in [-0.25, -0.2) is 21.2 Å². The Morgan fingerprint density at radius 2 is 1.64 bits per heavy atom. The molecule has 0 bridgehead atoms. The van der Waals surface area contributed by atoms with Gasteiger partial charge in [-0.1, -0.05) is 42.5 Å². The summed E-state index contributed by atoms with van der Waals surface area (Å²) in [5.74, 6) is -1.88. The number of amides is 1. The van der Waals surface area contributed by atoms with Crippen LogP contribution in [0.5, 0.6) is 0 Å². The number of sulfonamides is 2. The Hall–Kier alpha value is -2.51. The first-order valence-electron chi connectivity index (χ1n) is 9.84. The first-order chi connectivity index (χ1) is 15.6. The van der Waals surface area contributed by atoms with Gasteiger partial charge in [-0.2, -0.15) is 16.9 Å². The summed E-state index contributed by atoms with van der Waals surface area (Å²) in [6.45, 7) is -0.0313. The highest BCUT2D eigenvalue weighted by atomic mass is 32.2. The van der Waals surface area contributed by atoms with Gasteiger partial charge in [-0.05, 0) is 41.5 Å². The number of benzene rings is 3. The maximum Gasteiger partial charge on any atom is 0.260 e. The van der Waals surface area contributed by atoms with E-state index >= 15 is 0 Å². The van der Waals surface area contributed by atoms with Gasteiger partial charge in [-0.3, -0.25) is 10.2 Å². The normalized spacial score (nSPS) is 19.6. The van der Waals surface area contributed by atoms with Crippen LogP contribution in [0.25, 0.3) is 10.8 Å². The summed E-state index contributed by atoms with van der Waals surface area (Å²) in [6, 6.07) is 15.4. The van der Waals surface area contributed by atoms with Crippen molar-refractivity contribution in [3.63, 3.8) is 0 Å². The fourth-order valence-corrected chi connectivity index (χ4v) is 6.76. The molecule has 1 heterocycles. The molecule has 1 saturated heterocycles. The zero-order valence-electron chi connectivity index (χ0n) is 17.0. The van der Waals surface area contributed by atoms with Crippen LogP contribution in [0.1, 0.15) is 6.42 Å². The van der Waals surface area contributed by atoms with Crippen molar-refractivity contribution >= 4 is 49.4 Å². The molecule has 0 aliphatic carbocycles. The monoisotopic (exact) mass is 509 g/mol. The van der Waals surface area contributed by atoms with E-state index in [2.05, 4.69) is 12.6 Å². The van der Waals surface area contributed by atoms with Crippen LogP contribution in [-0.4, -0.2) is 44.9 Å². The molecule has 2 atom stereocenters. The topological polar surface area (TPSA) is 113 Å². The highest BCUT2D eigenvalue weighted by molar-refractivity contribution is 7.89. The Bertz CT molecular complexity index is 1430. The summed E-state index contributed by atoms with van der Waals surface area (Å²) in [5, 5.41) is 1.15. The van der Waals surface area contributed by atoms with Gasteiger partial charge in [0.1, 0.15) is 16.8 Å². The first-order valence-corrected chi connectivity index (χ1v) is 13.3. The van der Waals surface area contributed by atoms with E-state index in [-0.39, 0.29) is 17.9 Å². The average molecular weight is 510 g/mol. The third kappa shape index (κ3) is 4.75. The summed E-state index contributed by atoms with van der Waals surface area (Å²) >= 11 is 4.33. The fraction of sp³-hybridized carbons (Fsp3) is 0.190. The van der Waals surface area contributed by atoms with Crippen molar-refractivity contribution in [2.75, 3.05) is 6.54 Å². The highest BCUT2D eigenvalue weighted by Gasteiger charge is 2.43. The number of hydrazine groups is 1. The van der Waals surface area contributed by atoms with E-state index in [1.54, 1.807) is 18.2 Å². The molecule has 2 N–H and O–H groups in total. The van der Waals surface area contributed by atoms with Crippen LogP contribution in [-0.2, 0) is 24.8 Å². The third-order valence-corrected chi connectivity index (χ3v) is 8.82. The molecule has 3 aromatic rings. The molecule has 33 heavy (non-hydrogen) atoms. The number of nitrogens with one attached hydrogen (secondary N) is 2. The number of carbonyl (C=O) groups excluding carboxylic acids is 1. The van der Waals surface area contributed by atoms with Gasteiger partial charge < -0.3 is 0 Å². The van der Waals surface area contributed by atoms with Crippen molar-refractivity contribution in [2.24, 2.45) is 0 Å². The summed E-state index contributed by atoms with van der Waals surface area (Å²) in [5.41, 5.74) is 2.01. The number of rotatable bonds is 6. The molecule has 0 saturated carbocycles. The maximum absolute atomic E-state index is 13.8. The van der Waals surface area contributed by atoms with Crippen molar-refractivity contribution in [3.8, 4) is 0 Å². The van der Waals surface area contributed by atoms with Crippen molar-refractivity contribution in [1.29, 1.82) is 0 Å². The minimum atomic E-state index is -4.40. The number of fused-ring (bicyclic) bond motifs is 1. The van der Waals surface area contributed by atoms with Crippen LogP contribution >= 0.6 is 12.6 Å². The molecule has 174 valence electrons. The van der Waals surface area contributed by atoms with Crippen LogP contribution < -0.4 is 10.3 Å². The summed E-state index contributed by atoms with van der Waals surface area (Å²) in [4.78, 5) is 14.0. The second kappa shape index (κ2) is 9.03. The highest BCUT2D eigenvalue weighted by Crippen LogP contribution is 2.30.